The van der Waals surface area contributed by atoms with Crippen LogP contribution in [0.4, 0.5) is 4.39 Å². The summed E-state index contributed by atoms with van der Waals surface area (Å²) in [5, 5.41) is 9.04. The maximum atomic E-state index is 13.1. The molecular formula is C12H12FNO. The number of ether oxygens (including phenoxy) is 1. The Labute approximate surface area is 88.3 Å². The van der Waals surface area contributed by atoms with Gasteiger partial charge in [0.2, 0.25) is 0 Å². The number of rotatable bonds is 3. The number of halogens is 1. The molecule has 0 aliphatic heterocycles. The van der Waals surface area contributed by atoms with Crippen LogP contribution in [-0.4, -0.2) is 7.11 Å². The molecule has 15 heavy (non-hydrogen) atoms. The topological polar surface area (TPSA) is 33.0 Å². The summed E-state index contributed by atoms with van der Waals surface area (Å²) in [6.45, 7) is 0. The van der Waals surface area contributed by atoms with Crippen molar-refractivity contribution in [2.75, 3.05) is 7.11 Å². The Hall–Kier alpha value is -1.56. The Balaban J connectivity index is 2.31. The normalized spacial score (nSPS) is 16.9. The van der Waals surface area contributed by atoms with Crippen molar-refractivity contribution in [3.8, 4) is 11.8 Å². The first-order chi connectivity index (χ1) is 7.26. The fourth-order valence-corrected chi connectivity index (χ4v) is 1.75. The van der Waals surface area contributed by atoms with E-state index in [2.05, 4.69) is 6.07 Å². The largest absolute Gasteiger partial charge is 0.494 e. The molecule has 0 N–H and O–H groups in total. The van der Waals surface area contributed by atoms with Gasteiger partial charge in [0.25, 0.3) is 0 Å². The van der Waals surface area contributed by atoms with E-state index >= 15 is 0 Å². The van der Waals surface area contributed by atoms with Crippen LogP contribution in [-0.2, 0) is 0 Å². The third-order valence-corrected chi connectivity index (χ3v) is 2.77. The zero-order valence-electron chi connectivity index (χ0n) is 8.53. The molecule has 0 amide bonds. The fourth-order valence-electron chi connectivity index (χ4n) is 1.75. The highest BCUT2D eigenvalue weighted by molar-refractivity contribution is 5.36. The van der Waals surface area contributed by atoms with E-state index in [1.165, 1.54) is 13.2 Å². The van der Waals surface area contributed by atoms with Crippen LogP contribution in [0.3, 0.4) is 0 Å². The molecule has 1 fully saturated rings. The second-order valence-electron chi connectivity index (χ2n) is 3.84. The molecule has 1 atom stereocenters. The summed E-state index contributed by atoms with van der Waals surface area (Å²) >= 11 is 0. The Bertz CT molecular complexity index is 407. The minimum atomic E-state index is -0.381. The van der Waals surface area contributed by atoms with E-state index in [1.54, 1.807) is 12.1 Å². The van der Waals surface area contributed by atoms with Crippen molar-refractivity contribution >= 4 is 0 Å². The average Bonchev–Trinajstić information content (AvgIpc) is 3.06. The van der Waals surface area contributed by atoms with Gasteiger partial charge in [0.1, 0.15) is 0 Å². The first-order valence-electron chi connectivity index (χ1n) is 4.99. The monoisotopic (exact) mass is 205 g/mol. The summed E-state index contributed by atoms with van der Waals surface area (Å²) in [7, 11) is 1.43. The van der Waals surface area contributed by atoms with Crippen LogP contribution in [0, 0.1) is 23.1 Å². The molecule has 0 heterocycles. The fraction of sp³-hybridized carbons (Fsp3) is 0.417. The molecule has 0 spiro atoms. The van der Waals surface area contributed by atoms with Gasteiger partial charge >= 0.3 is 0 Å². The van der Waals surface area contributed by atoms with Crippen molar-refractivity contribution in [1.82, 2.24) is 0 Å². The highest BCUT2D eigenvalue weighted by Crippen LogP contribution is 2.42. The smallest absolute Gasteiger partial charge is 0.165 e. The molecule has 2 nitrogen and oxygen atoms in total. The lowest BCUT2D eigenvalue weighted by atomic mass is 9.95. The Morgan fingerprint density at radius 3 is 2.80 bits per heavy atom. The van der Waals surface area contributed by atoms with Crippen LogP contribution in [0.1, 0.15) is 24.3 Å². The standard InChI is InChI=1S/C12H12FNO/c1-15-12-6-9(4-5-11(12)13)10(7-14)8-2-3-8/h4-6,8,10H,2-3H2,1H3. The summed E-state index contributed by atoms with van der Waals surface area (Å²) in [6, 6.07) is 6.93. The van der Waals surface area contributed by atoms with Crippen LogP contribution in [0.25, 0.3) is 0 Å². The lowest BCUT2D eigenvalue weighted by molar-refractivity contribution is 0.385. The van der Waals surface area contributed by atoms with E-state index in [0.717, 1.165) is 18.4 Å². The van der Waals surface area contributed by atoms with Crippen LogP contribution in [0.5, 0.6) is 5.75 Å². The Morgan fingerprint density at radius 2 is 2.27 bits per heavy atom. The zero-order valence-corrected chi connectivity index (χ0v) is 8.53. The molecule has 1 aliphatic rings. The van der Waals surface area contributed by atoms with Crippen molar-refractivity contribution in [3.05, 3.63) is 29.6 Å². The van der Waals surface area contributed by atoms with E-state index in [0.29, 0.717) is 5.92 Å². The molecule has 2 rings (SSSR count). The number of hydrogen-bond donors (Lipinski definition) is 0. The summed E-state index contributed by atoms with van der Waals surface area (Å²) in [5.74, 6) is 0.173. The number of nitriles is 1. The number of methoxy groups -OCH3 is 1. The first kappa shape index (κ1) is 9.97. The van der Waals surface area contributed by atoms with Crippen molar-refractivity contribution < 1.29 is 9.13 Å². The number of nitrogens with zero attached hydrogens (tertiary/aromatic N) is 1. The minimum Gasteiger partial charge on any atom is -0.494 e. The summed E-state index contributed by atoms with van der Waals surface area (Å²) < 4.78 is 18.0. The second-order valence-corrected chi connectivity index (χ2v) is 3.84. The molecule has 1 saturated carbocycles. The molecule has 0 bridgehead atoms. The quantitative estimate of drug-likeness (QED) is 0.760. The van der Waals surface area contributed by atoms with Crippen molar-refractivity contribution in [2.45, 2.75) is 18.8 Å². The van der Waals surface area contributed by atoms with Gasteiger partial charge in [-0.2, -0.15) is 5.26 Å². The minimum absolute atomic E-state index is 0.112. The van der Waals surface area contributed by atoms with Crippen LogP contribution in [0.15, 0.2) is 18.2 Å². The molecule has 1 aromatic carbocycles. The molecule has 0 aromatic heterocycles. The summed E-state index contributed by atoms with van der Waals surface area (Å²) in [5.41, 5.74) is 0.859. The summed E-state index contributed by atoms with van der Waals surface area (Å²) in [4.78, 5) is 0. The first-order valence-corrected chi connectivity index (χ1v) is 4.99. The molecule has 1 unspecified atom stereocenters. The van der Waals surface area contributed by atoms with Gasteiger partial charge in [-0.05, 0) is 36.5 Å². The van der Waals surface area contributed by atoms with Gasteiger partial charge in [0.05, 0.1) is 19.1 Å². The molecule has 78 valence electrons. The average molecular weight is 205 g/mol. The number of hydrogen-bond acceptors (Lipinski definition) is 2. The van der Waals surface area contributed by atoms with Crippen molar-refractivity contribution in [1.29, 1.82) is 5.26 Å². The van der Waals surface area contributed by atoms with E-state index < -0.39 is 0 Å². The van der Waals surface area contributed by atoms with E-state index in [1.807, 2.05) is 0 Å². The van der Waals surface area contributed by atoms with Gasteiger partial charge in [0.15, 0.2) is 11.6 Å². The summed E-state index contributed by atoms with van der Waals surface area (Å²) in [6.07, 6.45) is 2.19. The van der Waals surface area contributed by atoms with E-state index in [-0.39, 0.29) is 17.5 Å². The van der Waals surface area contributed by atoms with Crippen molar-refractivity contribution in [2.24, 2.45) is 5.92 Å². The Morgan fingerprint density at radius 1 is 1.53 bits per heavy atom. The molecular weight excluding hydrogens is 193 g/mol. The van der Waals surface area contributed by atoms with Crippen LogP contribution >= 0.6 is 0 Å². The van der Waals surface area contributed by atoms with Gasteiger partial charge in [-0.15, -0.1) is 0 Å². The number of benzene rings is 1. The highest BCUT2D eigenvalue weighted by Gasteiger charge is 2.32. The zero-order chi connectivity index (χ0) is 10.8. The maximum Gasteiger partial charge on any atom is 0.165 e. The van der Waals surface area contributed by atoms with Crippen LogP contribution in [0.2, 0.25) is 0 Å². The predicted octanol–water partition coefficient (Wildman–Crippen LogP) is 2.85. The van der Waals surface area contributed by atoms with Gasteiger partial charge < -0.3 is 4.74 Å². The van der Waals surface area contributed by atoms with E-state index in [9.17, 15) is 4.39 Å². The lowest BCUT2D eigenvalue weighted by Gasteiger charge is -2.09. The van der Waals surface area contributed by atoms with E-state index in [4.69, 9.17) is 10.00 Å². The Kier molecular flexibility index (Phi) is 2.59. The lowest BCUT2D eigenvalue weighted by Crippen LogP contribution is -1.99. The van der Waals surface area contributed by atoms with Crippen LogP contribution < -0.4 is 4.74 Å². The molecule has 1 aliphatic carbocycles. The van der Waals surface area contributed by atoms with Gasteiger partial charge in [-0.25, -0.2) is 4.39 Å². The SMILES string of the molecule is COc1cc(C(C#N)C2CC2)ccc1F. The predicted molar refractivity (Wildman–Crippen MR) is 54.0 cm³/mol. The van der Waals surface area contributed by atoms with Gasteiger partial charge in [-0.3, -0.25) is 0 Å². The second kappa shape index (κ2) is 3.90. The third kappa shape index (κ3) is 1.94. The molecule has 1 aromatic rings. The maximum absolute atomic E-state index is 13.1. The van der Waals surface area contributed by atoms with Gasteiger partial charge in [-0.1, -0.05) is 6.07 Å². The molecule has 0 saturated heterocycles. The third-order valence-electron chi connectivity index (χ3n) is 2.77. The van der Waals surface area contributed by atoms with Gasteiger partial charge in [0, 0.05) is 0 Å². The highest BCUT2D eigenvalue weighted by atomic mass is 19.1. The molecule has 3 heteroatoms. The molecule has 0 radical (unpaired) electrons. The van der Waals surface area contributed by atoms with Crippen molar-refractivity contribution in [3.63, 3.8) is 0 Å².